The van der Waals surface area contributed by atoms with Gasteiger partial charge < -0.3 is 10.1 Å². The van der Waals surface area contributed by atoms with Gasteiger partial charge in [0.2, 0.25) is 0 Å². The Bertz CT molecular complexity index is 560. The van der Waals surface area contributed by atoms with Gasteiger partial charge in [-0.3, -0.25) is 0 Å². The van der Waals surface area contributed by atoms with Crippen molar-refractivity contribution >= 4 is 16.7 Å². The Morgan fingerprint density at radius 3 is 3.00 bits per heavy atom. The number of nitrogens with one attached hydrogen (secondary N) is 1. The minimum atomic E-state index is 0.555. The Balaban J connectivity index is 2.36. The molecule has 0 aliphatic carbocycles. The molecule has 17 heavy (non-hydrogen) atoms. The van der Waals surface area contributed by atoms with Gasteiger partial charge >= 0.3 is 0 Å². The highest BCUT2D eigenvalue weighted by atomic mass is 16.5. The predicted molar refractivity (Wildman–Crippen MR) is 66.8 cm³/mol. The highest BCUT2D eigenvalue weighted by molar-refractivity contribution is 5.82. The molecule has 0 atom stereocenters. The average molecular weight is 227 g/mol. The van der Waals surface area contributed by atoms with Crippen LogP contribution in [0.4, 0.5) is 5.82 Å². The van der Waals surface area contributed by atoms with E-state index in [1.807, 2.05) is 30.3 Å². The van der Waals surface area contributed by atoms with Crippen LogP contribution < -0.4 is 5.32 Å². The number of anilines is 1. The molecule has 1 heterocycles. The van der Waals surface area contributed by atoms with Crippen LogP contribution in [0.1, 0.15) is 5.56 Å². The van der Waals surface area contributed by atoms with Crippen molar-refractivity contribution in [1.82, 2.24) is 4.98 Å². The largest absolute Gasteiger partial charge is 0.383 e. The number of methoxy groups -OCH3 is 1. The minimum absolute atomic E-state index is 0.555. The smallest absolute Gasteiger partial charge is 0.144 e. The zero-order chi connectivity index (χ0) is 12.1. The summed E-state index contributed by atoms with van der Waals surface area (Å²) >= 11 is 0. The molecule has 0 saturated heterocycles. The van der Waals surface area contributed by atoms with Crippen LogP contribution in [0.25, 0.3) is 10.9 Å². The fourth-order valence-corrected chi connectivity index (χ4v) is 1.61. The van der Waals surface area contributed by atoms with Gasteiger partial charge in [-0.2, -0.15) is 5.26 Å². The van der Waals surface area contributed by atoms with Gasteiger partial charge in [0.15, 0.2) is 0 Å². The Hall–Kier alpha value is -2.12. The lowest BCUT2D eigenvalue weighted by Gasteiger charge is -2.08. The van der Waals surface area contributed by atoms with Crippen LogP contribution >= 0.6 is 0 Å². The van der Waals surface area contributed by atoms with Crippen LogP contribution in [0.3, 0.4) is 0 Å². The first-order valence-corrected chi connectivity index (χ1v) is 5.38. The number of fused-ring (bicyclic) bond motifs is 1. The first-order valence-electron chi connectivity index (χ1n) is 5.38. The van der Waals surface area contributed by atoms with E-state index in [0.717, 1.165) is 10.9 Å². The van der Waals surface area contributed by atoms with E-state index in [9.17, 15) is 0 Å². The van der Waals surface area contributed by atoms with Crippen molar-refractivity contribution in [3.05, 3.63) is 35.9 Å². The Morgan fingerprint density at radius 2 is 2.24 bits per heavy atom. The molecule has 0 aliphatic heterocycles. The van der Waals surface area contributed by atoms with Gasteiger partial charge in [0.1, 0.15) is 11.9 Å². The molecule has 1 aromatic carbocycles. The number of rotatable bonds is 4. The Morgan fingerprint density at radius 1 is 1.41 bits per heavy atom. The van der Waals surface area contributed by atoms with Crippen molar-refractivity contribution in [3.63, 3.8) is 0 Å². The molecule has 0 spiro atoms. The molecule has 0 fully saturated rings. The minimum Gasteiger partial charge on any atom is -0.383 e. The second kappa shape index (κ2) is 5.28. The second-order valence-electron chi connectivity index (χ2n) is 3.61. The molecule has 1 aromatic heterocycles. The first kappa shape index (κ1) is 11.4. The van der Waals surface area contributed by atoms with Crippen molar-refractivity contribution in [2.75, 3.05) is 25.6 Å². The number of hydrogen-bond donors (Lipinski definition) is 1. The molecule has 0 amide bonds. The summed E-state index contributed by atoms with van der Waals surface area (Å²) in [5.74, 6) is 0.614. The lowest BCUT2D eigenvalue weighted by atomic mass is 10.1. The summed E-state index contributed by atoms with van der Waals surface area (Å²) in [6, 6.07) is 11.7. The van der Waals surface area contributed by atoms with Crippen LogP contribution in [-0.2, 0) is 4.74 Å². The van der Waals surface area contributed by atoms with Crippen molar-refractivity contribution in [2.24, 2.45) is 0 Å². The first-order chi connectivity index (χ1) is 8.35. The molecule has 2 aromatic rings. The standard InChI is InChI=1S/C13H13N3O/c1-17-7-6-15-13-11(9-14)8-10-4-2-3-5-12(10)16-13/h2-5,8H,6-7H2,1H3,(H,15,16). The van der Waals surface area contributed by atoms with Gasteiger partial charge in [-0.25, -0.2) is 4.98 Å². The lowest BCUT2D eigenvalue weighted by molar-refractivity contribution is 0.210. The normalized spacial score (nSPS) is 10.1. The van der Waals surface area contributed by atoms with E-state index in [1.165, 1.54) is 0 Å². The Kier molecular flexibility index (Phi) is 3.53. The van der Waals surface area contributed by atoms with E-state index in [-0.39, 0.29) is 0 Å². The van der Waals surface area contributed by atoms with Crippen LogP contribution in [-0.4, -0.2) is 25.2 Å². The summed E-state index contributed by atoms with van der Waals surface area (Å²) in [7, 11) is 1.64. The molecular weight excluding hydrogens is 214 g/mol. The fraction of sp³-hybridized carbons (Fsp3) is 0.231. The quantitative estimate of drug-likeness (QED) is 0.813. The van der Waals surface area contributed by atoms with Crippen molar-refractivity contribution in [2.45, 2.75) is 0 Å². The van der Waals surface area contributed by atoms with E-state index in [4.69, 9.17) is 10.00 Å². The average Bonchev–Trinajstić information content (AvgIpc) is 2.38. The number of pyridine rings is 1. The number of aromatic nitrogens is 1. The third-order valence-electron chi connectivity index (χ3n) is 2.44. The molecule has 86 valence electrons. The van der Waals surface area contributed by atoms with Crippen molar-refractivity contribution < 1.29 is 4.74 Å². The summed E-state index contributed by atoms with van der Waals surface area (Å²) in [5.41, 5.74) is 1.44. The molecule has 4 nitrogen and oxygen atoms in total. The van der Waals surface area contributed by atoms with Gasteiger partial charge in [0.25, 0.3) is 0 Å². The summed E-state index contributed by atoms with van der Waals surface area (Å²) < 4.78 is 4.95. The zero-order valence-corrected chi connectivity index (χ0v) is 9.60. The van der Waals surface area contributed by atoms with Crippen LogP contribution in [0, 0.1) is 11.3 Å². The predicted octanol–water partition coefficient (Wildman–Crippen LogP) is 2.16. The molecule has 0 bridgehead atoms. The fourth-order valence-electron chi connectivity index (χ4n) is 1.61. The van der Waals surface area contributed by atoms with E-state index < -0.39 is 0 Å². The van der Waals surface area contributed by atoms with E-state index in [1.54, 1.807) is 7.11 Å². The van der Waals surface area contributed by atoms with Crippen molar-refractivity contribution in [3.8, 4) is 6.07 Å². The highest BCUT2D eigenvalue weighted by Gasteiger charge is 2.05. The van der Waals surface area contributed by atoms with E-state index in [0.29, 0.717) is 24.5 Å². The van der Waals surface area contributed by atoms with Crippen LogP contribution in [0.2, 0.25) is 0 Å². The van der Waals surface area contributed by atoms with Crippen LogP contribution in [0.5, 0.6) is 0 Å². The maximum absolute atomic E-state index is 9.07. The molecule has 0 unspecified atom stereocenters. The third-order valence-corrected chi connectivity index (χ3v) is 2.44. The van der Waals surface area contributed by atoms with Gasteiger partial charge in [0, 0.05) is 19.0 Å². The maximum Gasteiger partial charge on any atom is 0.144 e. The lowest BCUT2D eigenvalue weighted by Crippen LogP contribution is -2.10. The number of ether oxygens (including phenoxy) is 1. The summed E-state index contributed by atoms with van der Waals surface area (Å²) in [6.45, 7) is 1.22. The molecule has 4 heteroatoms. The number of para-hydroxylation sites is 1. The molecular formula is C13H13N3O. The highest BCUT2D eigenvalue weighted by Crippen LogP contribution is 2.19. The van der Waals surface area contributed by atoms with Crippen molar-refractivity contribution in [1.29, 1.82) is 5.26 Å². The number of nitrogens with zero attached hydrogens (tertiary/aromatic N) is 2. The topological polar surface area (TPSA) is 57.9 Å². The van der Waals surface area contributed by atoms with E-state index in [2.05, 4.69) is 16.4 Å². The summed E-state index contributed by atoms with van der Waals surface area (Å²) in [6.07, 6.45) is 0. The second-order valence-corrected chi connectivity index (χ2v) is 3.61. The SMILES string of the molecule is COCCNc1nc2ccccc2cc1C#N. The maximum atomic E-state index is 9.07. The number of hydrogen-bond acceptors (Lipinski definition) is 4. The monoisotopic (exact) mass is 227 g/mol. The van der Waals surface area contributed by atoms with Crippen LogP contribution in [0.15, 0.2) is 30.3 Å². The van der Waals surface area contributed by atoms with Gasteiger partial charge in [0.05, 0.1) is 17.7 Å². The van der Waals surface area contributed by atoms with Gasteiger partial charge in [-0.05, 0) is 12.1 Å². The summed E-state index contributed by atoms with van der Waals surface area (Å²) in [4.78, 5) is 4.43. The molecule has 2 rings (SSSR count). The molecule has 1 N–H and O–H groups in total. The van der Waals surface area contributed by atoms with Gasteiger partial charge in [-0.1, -0.05) is 18.2 Å². The number of benzene rings is 1. The third kappa shape index (κ3) is 2.52. The zero-order valence-electron chi connectivity index (χ0n) is 9.60. The van der Waals surface area contributed by atoms with E-state index >= 15 is 0 Å². The van der Waals surface area contributed by atoms with Gasteiger partial charge in [-0.15, -0.1) is 0 Å². The summed E-state index contributed by atoms with van der Waals surface area (Å²) in [5, 5.41) is 13.1. The molecule has 0 radical (unpaired) electrons. The Labute approximate surface area is 99.8 Å². The molecule has 0 saturated carbocycles. The number of nitriles is 1. The molecule has 0 aliphatic rings.